The Labute approximate surface area is 159 Å². The summed E-state index contributed by atoms with van der Waals surface area (Å²) >= 11 is 0. The van der Waals surface area contributed by atoms with Gasteiger partial charge in [-0.1, -0.05) is 0 Å². The van der Waals surface area contributed by atoms with Gasteiger partial charge in [-0.25, -0.2) is 13.6 Å². The van der Waals surface area contributed by atoms with Crippen molar-refractivity contribution in [2.45, 2.75) is 55.7 Å². The highest BCUT2D eigenvalue weighted by Gasteiger charge is 2.37. The Kier molecular flexibility index (Phi) is 5.44. The van der Waals surface area contributed by atoms with Crippen molar-refractivity contribution in [3.05, 3.63) is 28.3 Å². The van der Waals surface area contributed by atoms with Crippen LogP contribution in [0.4, 0.5) is 11.4 Å². The quantitative estimate of drug-likeness (QED) is 0.566. The Balaban J connectivity index is 2.04. The third-order valence-electron chi connectivity index (χ3n) is 5.24. The molecule has 2 unspecified atom stereocenters. The molecule has 3 rings (SSSR count). The summed E-state index contributed by atoms with van der Waals surface area (Å²) in [7, 11) is -4.18. The molecule has 2 saturated heterocycles. The summed E-state index contributed by atoms with van der Waals surface area (Å²) in [4.78, 5) is 12.5. The molecular weight excluding hydrogens is 372 g/mol. The number of nitrogens with one attached hydrogen (secondary N) is 1. The van der Waals surface area contributed by atoms with Gasteiger partial charge >= 0.3 is 0 Å². The van der Waals surface area contributed by atoms with Crippen LogP contribution < -0.4 is 15.4 Å². The zero-order chi connectivity index (χ0) is 19.8. The molecule has 0 bridgehead atoms. The van der Waals surface area contributed by atoms with Gasteiger partial charge in [0.2, 0.25) is 10.0 Å². The Morgan fingerprint density at radius 1 is 1.33 bits per heavy atom. The van der Waals surface area contributed by atoms with E-state index in [4.69, 9.17) is 9.88 Å². The van der Waals surface area contributed by atoms with E-state index in [1.165, 1.54) is 12.1 Å². The highest BCUT2D eigenvalue weighted by molar-refractivity contribution is 7.89. The first-order valence-corrected chi connectivity index (χ1v) is 10.6. The van der Waals surface area contributed by atoms with Gasteiger partial charge in [-0.05, 0) is 51.8 Å². The molecule has 2 fully saturated rings. The van der Waals surface area contributed by atoms with E-state index in [0.717, 1.165) is 32.4 Å². The van der Waals surface area contributed by atoms with Gasteiger partial charge in [-0.3, -0.25) is 10.1 Å². The zero-order valence-corrected chi connectivity index (χ0v) is 16.4. The molecule has 10 heteroatoms. The largest absolute Gasteiger partial charge is 0.375 e. The van der Waals surface area contributed by atoms with E-state index in [0.29, 0.717) is 12.3 Å². The fourth-order valence-electron chi connectivity index (χ4n) is 4.08. The van der Waals surface area contributed by atoms with Crippen molar-refractivity contribution >= 4 is 21.4 Å². The van der Waals surface area contributed by atoms with E-state index in [9.17, 15) is 18.5 Å². The number of hydrogen-bond acceptors (Lipinski definition) is 7. The SMILES string of the molecule is CC1(C)CC(N(c2ccc(S(N)(=O)=O)c([N+](=O)[O-])c2)C2CCNC2)CCO1. The van der Waals surface area contributed by atoms with Crippen LogP contribution in [0.1, 0.15) is 33.1 Å². The van der Waals surface area contributed by atoms with E-state index in [1.807, 2.05) is 13.8 Å². The lowest BCUT2D eigenvalue weighted by atomic mass is 9.91. The number of benzene rings is 1. The maximum Gasteiger partial charge on any atom is 0.291 e. The predicted molar refractivity (Wildman–Crippen MR) is 101 cm³/mol. The van der Waals surface area contributed by atoms with Crippen molar-refractivity contribution in [1.82, 2.24) is 5.32 Å². The van der Waals surface area contributed by atoms with Gasteiger partial charge in [-0.15, -0.1) is 0 Å². The number of nitro groups is 1. The number of anilines is 1. The Hall–Kier alpha value is -1.75. The average molecular weight is 398 g/mol. The highest BCUT2D eigenvalue weighted by Crippen LogP contribution is 2.36. The molecule has 0 saturated carbocycles. The van der Waals surface area contributed by atoms with Crippen LogP contribution in [0, 0.1) is 10.1 Å². The number of primary sulfonamides is 1. The van der Waals surface area contributed by atoms with Crippen LogP contribution in [-0.2, 0) is 14.8 Å². The van der Waals surface area contributed by atoms with Gasteiger partial charge in [0.25, 0.3) is 5.69 Å². The first-order chi connectivity index (χ1) is 12.6. The van der Waals surface area contributed by atoms with Gasteiger partial charge in [-0.2, -0.15) is 0 Å². The Morgan fingerprint density at radius 2 is 2.07 bits per heavy atom. The molecule has 3 N–H and O–H groups in total. The number of nitrogens with zero attached hydrogens (tertiary/aromatic N) is 2. The lowest BCUT2D eigenvalue weighted by Crippen LogP contribution is -2.51. The van der Waals surface area contributed by atoms with Crippen LogP contribution in [-0.4, -0.2) is 50.7 Å². The van der Waals surface area contributed by atoms with Crippen molar-refractivity contribution in [2.24, 2.45) is 5.14 Å². The third kappa shape index (κ3) is 4.40. The standard InChI is InChI=1S/C17H26N4O5S/c1-17(2)10-13(6-8-26-17)20(14-5-7-19-11-14)12-3-4-16(27(18,24)25)15(9-12)21(22)23/h3-4,9,13-14,19H,5-8,10-11H2,1-2H3,(H2,18,24,25). The van der Waals surface area contributed by atoms with E-state index >= 15 is 0 Å². The second kappa shape index (κ2) is 7.34. The van der Waals surface area contributed by atoms with Gasteiger partial charge in [0, 0.05) is 37.0 Å². The maximum absolute atomic E-state index is 11.7. The summed E-state index contributed by atoms with van der Waals surface area (Å²) in [5.74, 6) is 0. The van der Waals surface area contributed by atoms with Crippen LogP contribution in [0.2, 0.25) is 0 Å². The molecule has 0 aromatic heterocycles. The predicted octanol–water partition coefficient (Wildman–Crippen LogP) is 1.37. The monoisotopic (exact) mass is 398 g/mol. The smallest absolute Gasteiger partial charge is 0.291 e. The lowest BCUT2D eigenvalue weighted by molar-refractivity contribution is -0.387. The second-order valence-electron chi connectivity index (χ2n) is 7.76. The summed E-state index contributed by atoms with van der Waals surface area (Å²) in [5, 5.41) is 20.0. The first-order valence-electron chi connectivity index (χ1n) is 9.03. The molecule has 2 heterocycles. The molecule has 27 heavy (non-hydrogen) atoms. The number of ether oxygens (including phenoxy) is 1. The fraction of sp³-hybridized carbons (Fsp3) is 0.647. The first kappa shape index (κ1) is 20.0. The number of rotatable bonds is 5. The van der Waals surface area contributed by atoms with Crippen molar-refractivity contribution < 1.29 is 18.1 Å². The molecule has 1 aromatic rings. The van der Waals surface area contributed by atoms with Crippen molar-refractivity contribution in [1.29, 1.82) is 0 Å². The van der Waals surface area contributed by atoms with Crippen LogP contribution in [0.15, 0.2) is 23.1 Å². The molecule has 1 aromatic carbocycles. The number of nitro benzene ring substituents is 1. The molecule has 0 aliphatic carbocycles. The van der Waals surface area contributed by atoms with Crippen LogP contribution in [0.25, 0.3) is 0 Å². The Morgan fingerprint density at radius 3 is 2.63 bits per heavy atom. The Bertz CT molecular complexity index is 821. The molecule has 2 aliphatic heterocycles. The van der Waals surface area contributed by atoms with Gasteiger partial charge in [0.15, 0.2) is 4.90 Å². The number of nitrogens with two attached hydrogens (primary N) is 1. The summed E-state index contributed by atoms with van der Waals surface area (Å²) in [5.41, 5.74) is -0.123. The highest BCUT2D eigenvalue weighted by atomic mass is 32.2. The van der Waals surface area contributed by atoms with Gasteiger partial charge in [0.1, 0.15) is 0 Å². The van der Waals surface area contributed by atoms with E-state index in [-0.39, 0.29) is 17.7 Å². The fourth-order valence-corrected chi connectivity index (χ4v) is 4.77. The minimum atomic E-state index is -4.18. The minimum Gasteiger partial charge on any atom is -0.375 e. The number of sulfonamides is 1. The topological polar surface area (TPSA) is 128 Å². The molecule has 9 nitrogen and oxygen atoms in total. The second-order valence-corrected chi connectivity index (χ2v) is 9.29. The average Bonchev–Trinajstić information content (AvgIpc) is 3.07. The zero-order valence-electron chi connectivity index (χ0n) is 15.6. The van der Waals surface area contributed by atoms with Crippen LogP contribution >= 0.6 is 0 Å². The molecule has 150 valence electrons. The number of hydrogen-bond donors (Lipinski definition) is 2. The lowest BCUT2D eigenvalue weighted by Gasteiger charge is -2.45. The van der Waals surface area contributed by atoms with Gasteiger partial charge in [0.05, 0.1) is 10.5 Å². The normalized spacial score (nSPS) is 25.3. The summed E-state index contributed by atoms with van der Waals surface area (Å²) in [6, 6.07) is 4.53. The van der Waals surface area contributed by atoms with E-state index in [1.54, 1.807) is 6.07 Å². The minimum absolute atomic E-state index is 0.151. The maximum atomic E-state index is 11.7. The van der Waals surface area contributed by atoms with Crippen LogP contribution in [0.5, 0.6) is 0 Å². The van der Waals surface area contributed by atoms with Crippen LogP contribution in [0.3, 0.4) is 0 Å². The molecule has 0 radical (unpaired) electrons. The molecular formula is C17H26N4O5S. The summed E-state index contributed by atoms with van der Waals surface area (Å²) < 4.78 is 29.3. The van der Waals surface area contributed by atoms with E-state index in [2.05, 4.69) is 10.2 Å². The summed E-state index contributed by atoms with van der Waals surface area (Å²) in [6.07, 6.45) is 2.52. The summed E-state index contributed by atoms with van der Waals surface area (Å²) in [6.45, 7) is 6.35. The molecule has 2 atom stereocenters. The molecule has 0 spiro atoms. The van der Waals surface area contributed by atoms with Crippen molar-refractivity contribution in [2.75, 3.05) is 24.6 Å². The molecule has 0 amide bonds. The third-order valence-corrected chi connectivity index (χ3v) is 6.19. The molecule has 2 aliphatic rings. The van der Waals surface area contributed by atoms with Crippen molar-refractivity contribution in [3.63, 3.8) is 0 Å². The van der Waals surface area contributed by atoms with Crippen molar-refractivity contribution in [3.8, 4) is 0 Å². The van der Waals surface area contributed by atoms with E-state index < -0.39 is 25.5 Å². The van der Waals surface area contributed by atoms with Gasteiger partial charge < -0.3 is 15.0 Å².